The van der Waals surface area contributed by atoms with E-state index in [2.05, 4.69) is 6.92 Å². The first kappa shape index (κ1) is 24.1. The molecule has 1 nitrogen and oxygen atoms in total. The van der Waals surface area contributed by atoms with Crippen LogP contribution in [0.4, 0.5) is 17.6 Å². The van der Waals surface area contributed by atoms with Gasteiger partial charge in [0.2, 0.25) is 0 Å². The second-order valence-corrected chi connectivity index (χ2v) is 10.3. The Morgan fingerprint density at radius 2 is 1.37 bits per heavy atom. The highest BCUT2D eigenvalue weighted by Gasteiger charge is 2.34. The summed E-state index contributed by atoms with van der Waals surface area (Å²) in [4.78, 5) is 0. The van der Waals surface area contributed by atoms with E-state index in [9.17, 15) is 17.6 Å². The van der Waals surface area contributed by atoms with E-state index in [-0.39, 0.29) is 12.2 Å². The third-order valence-corrected chi connectivity index (χ3v) is 8.04. The lowest BCUT2D eigenvalue weighted by molar-refractivity contribution is -0.0826. The van der Waals surface area contributed by atoms with E-state index in [1.54, 1.807) is 0 Å². The predicted molar refractivity (Wildman–Crippen MR) is 113 cm³/mol. The van der Waals surface area contributed by atoms with E-state index in [0.717, 1.165) is 37.7 Å². The van der Waals surface area contributed by atoms with Gasteiger partial charge in [-0.15, -0.1) is 0 Å². The Hall–Kier alpha value is -0.580. The van der Waals surface area contributed by atoms with E-state index in [1.807, 2.05) is 0 Å². The smallest absolute Gasteiger partial charge is 0.378 e. The van der Waals surface area contributed by atoms with E-state index < -0.39 is 17.9 Å². The van der Waals surface area contributed by atoms with Gasteiger partial charge in [-0.25, -0.2) is 4.39 Å². The topological polar surface area (TPSA) is 9.23 Å². The highest BCUT2D eigenvalue weighted by atomic mass is 19.4. The van der Waals surface area contributed by atoms with Gasteiger partial charge in [0.05, 0.1) is 12.2 Å². The number of rotatable bonds is 7. The molecule has 1 saturated heterocycles. The number of allylic oxidation sites excluding steroid dienone is 2. The van der Waals surface area contributed by atoms with Crippen molar-refractivity contribution in [3.05, 3.63) is 11.9 Å². The van der Waals surface area contributed by atoms with E-state index in [0.29, 0.717) is 24.7 Å². The van der Waals surface area contributed by atoms with Crippen molar-refractivity contribution < 1.29 is 22.3 Å². The van der Waals surface area contributed by atoms with Crippen LogP contribution in [0.5, 0.6) is 0 Å². The van der Waals surface area contributed by atoms with Gasteiger partial charge in [0.15, 0.2) is 0 Å². The molecule has 0 amide bonds. The number of ether oxygens (including phenoxy) is 1. The fraction of sp³-hybridized carbons (Fsp3) is 0.920. The van der Waals surface area contributed by atoms with Gasteiger partial charge in [-0.1, -0.05) is 51.9 Å². The molecule has 3 rings (SSSR count). The van der Waals surface area contributed by atoms with Crippen LogP contribution in [0.3, 0.4) is 0 Å². The van der Waals surface area contributed by atoms with Crippen LogP contribution in [0.25, 0.3) is 0 Å². The third-order valence-electron chi connectivity index (χ3n) is 8.04. The molecular weight excluding hydrogens is 392 g/mol. The molecule has 0 aromatic rings. The van der Waals surface area contributed by atoms with Crippen molar-refractivity contribution in [2.45, 2.75) is 109 Å². The standard InChI is InChI=1S/C25H40F4O/c1-2-3-18-4-6-19(7-5-18)8-9-20-10-15-24(30-17-20)22-13-11-21(12-14-22)23(26)16-25(27,28)29/h16,18-22,24H,2-15,17H2,1H3/b23-16-. The molecule has 174 valence electrons. The molecule has 3 fully saturated rings. The highest BCUT2D eigenvalue weighted by molar-refractivity contribution is 5.03. The summed E-state index contributed by atoms with van der Waals surface area (Å²) in [6, 6.07) is 0. The minimum Gasteiger partial charge on any atom is -0.378 e. The lowest BCUT2D eigenvalue weighted by atomic mass is 9.75. The average Bonchev–Trinajstić information content (AvgIpc) is 2.73. The van der Waals surface area contributed by atoms with E-state index >= 15 is 0 Å². The molecule has 5 heteroatoms. The monoisotopic (exact) mass is 432 g/mol. The van der Waals surface area contributed by atoms with Gasteiger partial charge in [0.1, 0.15) is 5.83 Å². The quantitative estimate of drug-likeness (QED) is 0.367. The van der Waals surface area contributed by atoms with Crippen molar-refractivity contribution in [2.75, 3.05) is 6.61 Å². The molecule has 3 aliphatic rings. The number of hydrogen-bond donors (Lipinski definition) is 0. The van der Waals surface area contributed by atoms with Crippen LogP contribution >= 0.6 is 0 Å². The number of halogens is 4. The fourth-order valence-electron chi connectivity index (χ4n) is 6.16. The Kier molecular flexibility index (Phi) is 9.09. The van der Waals surface area contributed by atoms with Crippen LogP contribution in [0.1, 0.15) is 96.8 Å². The van der Waals surface area contributed by atoms with Crippen molar-refractivity contribution in [3.63, 3.8) is 0 Å². The zero-order valence-electron chi connectivity index (χ0n) is 18.6. The lowest BCUT2D eigenvalue weighted by Gasteiger charge is -2.38. The van der Waals surface area contributed by atoms with Crippen LogP contribution in [-0.4, -0.2) is 18.9 Å². The minimum atomic E-state index is -4.56. The first-order chi connectivity index (χ1) is 14.3. The Labute approximate surface area is 180 Å². The molecule has 2 unspecified atom stereocenters. The Bertz CT molecular complexity index is 520. The Morgan fingerprint density at radius 1 is 0.800 bits per heavy atom. The summed E-state index contributed by atoms with van der Waals surface area (Å²) in [7, 11) is 0. The van der Waals surface area contributed by atoms with Crippen LogP contribution in [-0.2, 0) is 4.74 Å². The molecule has 2 atom stereocenters. The SMILES string of the molecule is CCCC1CCC(CCC2CCC(C3CCC(/C(F)=C/C(F)(F)F)CC3)OC2)CC1. The van der Waals surface area contributed by atoms with Crippen LogP contribution in [0, 0.1) is 29.6 Å². The summed E-state index contributed by atoms with van der Waals surface area (Å²) < 4.78 is 57.1. The number of alkyl halides is 3. The van der Waals surface area contributed by atoms with Gasteiger partial charge in [-0.05, 0) is 68.6 Å². The van der Waals surface area contributed by atoms with Crippen molar-refractivity contribution in [1.29, 1.82) is 0 Å². The molecule has 30 heavy (non-hydrogen) atoms. The van der Waals surface area contributed by atoms with Crippen LogP contribution < -0.4 is 0 Å². The molecule has 0 spiro atoms. The summed E-state index contributed by atoms with van der Waals surface area (Å²) in [6.07, 6.45) is 11.3. The van der Waals surface area contributed by atoms with Gasteiger partial charge in [0.25, 0.3) is 0 Å². The molecule has 2 saturated carbocycles. The second-order valence-electron chi connectivity index (χ2n) is 10.3. The van der Waals surface area contributed by atoms with Crippen LogP contribution in [0.2, 0.25) is 0 Å². The van der Waals surface area contributed by atoms with Gasteiger partial charge < -0.3 is 4.74 Å². The van der Waals surface area contributed by atoms with Gasteiger partial charge >= 0.3 is 6.18 Å². The zero-order valence-corrected chi connectivity index (χ0v) is 18.6. The largest absolute Gasteiger partial charge is 0.412 e. The summed E-state index contributed by atoms with van der Waals surface area (Å²) >= 11 is 0. The van der Waals surface area contributed by atoms with E-state index in [1.165, 1.54) is 57.8 Å². The molecule has 1 aliphatic heterocycles. The minimum absolute atomic E-state index is 0.157. The molecule has 2 aliphatic carbocycles. The average molecular weight is 433 g/mol. The molecule has 0 radical (unpaired) electrons. The van der Waals surface area contributed by atoms with Gasteiger partial charge in [-0.3, -0.25) is 0 Å². The van der Waals surface area contributed by atoms with Gasteiger partial charge in [-0.2, -0.15) is 13.2 Å². The van der Waals surface area contributed by atoms with Gasteiger partial charge in [0, 0.05) is 12.5 Å². The normalized spacial score (nSPS) is 36.6. The lowest BCUT2D eigenvalue weighted by Crippen LogP contribution is -2.34. The Balaban J connectivity index is 1.31. The van der Waals surface area contributed by atoms with Crippen molar-refractivity contribution in [2.24, 2.45) is 29.6 Å². The predicted octanol–water partition coefficient (Wildman–Crippen LogP) is 8.39. The van der Waals surface area contributed by atoms with Crippen LogP contribution in [0.15, 0.2) is 11.9 Å². The molecule has 0 N–H and O–H groups in total. The third kappa shape index (κ3) is 7.53. The number of hydrogen-bond acceptors (Lipinski definition) is 1. The highest BCUT2D eigenvalue weighted by Crippen LogP contribution is 2.41. The van der Waals surface area contributed by atoms with Crippen molar-refractivity contribution in [3.8, 4) is 0 Å². The molecule has 0 bridgehead atoms. The van der Waals surface area contributed by atoms with Crippen molar-refractivity contribution in [1.82, 2.24) is 0 Å². The molecular formula is C25H40F4O. The zero-order chi connectivity index (χ0) is 21.6. The summed E-state index contributed by atoms with van der Waals surface area (Å²) in [6.45, 7) is 3.12. The first-order valence-corrected chi connectivity index (χ1v) is 12.4. The maximum atomic E-state index is 13.8. The maximum absolute atomic E-state index is 13.8. The van der Waals surface area contributed by atoms with Crippen molar-refractivity contribution >= 4 is 0 Å². The second kappa shape index (κ2) is 11.3. The molecule has 0 aromatic carbocycles. The summed E-state index contributed by atoms with van der Waals surface area (Å²) in [5.74, 6) is 1.37. The molecule has 0 aromatic heterocycles. The maximum Gasteiger partial charge on any atom is 0.412 e. The van der Waals surface area contributed by atoms with E-state index in [4.69, 9.17) is 4.74 Å². The fourth-order valence-corrected chi connectivity index (χ4v) is 6.16. The Morgan fingerprint density at radius 3 is 1.90 bits per heavy atom. The summed E-state index contributed by atoms with van der Waals surface area (Å²) in [5.41, 5.74) is 0. The summed E-state index contributed by atoms with van der Waals surface area (Å²) in [5, 5.41) is 0. The first-order valence-electron chi connectivity index (χ1n) is 12.4. The molecule has 1 heterocycles.